The first kappa shape index (κ1) is 12.4. The first-order chi connectivity index (χ1) is 7.43. The molecule has 0 spiro atoms. The summed E-state index contributed by atoms with van der Waals surface area (Å²) < 4.78 is 26.2. The molecule has 0 radical (unpaired) electrons. The highest BCUT2D eigenvalue weighted by Crippen LogP contribution is 2.08. The van der Waals surface area contributed by atoms with Crippen LogP contribution < -0.4 is 10.5 Å². The molecule has 0 saturated heterocycles. The Labute approximate surface area is 92.7 Å². The fourth-order valence-corrected chi connectivity index (χ4v) is 1.35. The summed E-state index contributed by atoms with van der Waals surface area (Å²) in [6, 6.07) is 2.70. The molecule has 1 aromatic rings. The molecule has 1 heterocycles. The van der Waals surface area contributed by atoms with Crippen molar-refractivity contribution in [2.75, 3.05) is 19.0 Å². The van der Waals surface area contributed by atoms with Crippen LogP contribution in [0.5, 0.6) is 0 Å². The molecule has 1 aromatic heterocycles. The lowest BCUT2D eigenvalue weighted by Crippen LogP contribution is -2.16. The van der Waals surface area contributed by atoms with Crippen molar-refractivity contribution in [2.45, 2.75) is 4.90 Å². The first-order valence-electron chi connectivity index (χ1n) is 4.23. The van der Waals surface area contributed by atoms with Crippen molar-refractivity contribution in [1.82, 2.24) is 4.98 Å². The second kappa shape index (κ2) is 4.90. The number of aromatic nitrogens is 1. The zero-order valence-electron chi connectivity index (χ0n) is 8.50. The molecule has 0 amide bonds. The Morgan fingerprint density at radius 3 is 2.69 bits per heavy atom. The van der Waals surface area contributed by atoms with Gasteiger partial charge in [0.05, 0.1) is 7.11 Å². The van der Waals surface area contributed by atoms with Crippen LogP contribution in [0, 0.1) is 0 Å². The number of carbonyl (C=O) groups excluding carboxylic acids is 1. The van der Waals surface area contributed by atoms with Gasteiger partial charge in [-0.3, -0.25) is 4.79 Å². The van der Waals surface area contributed by atoms with Gasteiger partial charge >= 0.3 is 5.97 Å². The molecule has 88 valence electrons. The first-order valence-corrected chi connectivity index (χ1v) is 5.77. The van der Waals surface area contributed by atoms with Crippen LogP contribution in [0.1, 0.15) is 0 Å². The molecule has 0 bridgehead atoms. The fourth-order valence-electron chi connectivity index (χ4n) is 0.888. The number of methoxy groups -OCH3 is 1. The van der Waals surface area contributed by atoms with E-state index in [0.717, 1.165) is 6.20 Å². The number of sulfonamides is 1. The lowest BCUT2D eigenvalue weighted by molar-refractivity contribution is -0.138. The highest BCUT2D eigenvalue weighted by Gasteiger charge is 2.08. The van der Waals surface area contributed by atoms with Crippen LogP contribution in [0.2, 0.25) is 0 Å². The predicted octanol–water partition coefficient (Wildman–Crippen LogP) is -0.686. The van der Waals surface area contributed by atoms with Crippen molar-refractivity contribution in [1.29, 1.82) is 0 Å². The van der Waals surface area contributed by atoms with Crippen LogP contribution >= 0.6 is 0 Å². The number of nitrogens with zero attached hydrogens (tertiary/aromatic N) is 1. The summed E-state index contributed by atoms with van der Waals surface area (Å²) in [6.45, 7) is -0.0434. The van der Waals surface area contributed by atoms with Gasteiger partial charge in [-0.05, 0) is 12.1 Å². The average Bonchev–Trinajstić information content (AvgIpc) is 2.25. The van der Waals surface area contributed by atoms with Gasteiger partial charge in [0.25, 0.3) is 0 Å². The molecule has 0 saturated carbocycles. The molecule has 1 rings (SSSR count). The monoisotopic (exact) mass is 245 g/mol. The van der Waals surface area contributed by atoms with Crippen molar-refractivity contribution in [3.63, 3.8) is 0 Å². The van der Waals surface area contributed by atoms with Crippen molar-refractivity contribution in [3.8, 4) is 0 Å². The number of hydrogen-bond donors (Lipinski definition) is 2. The van der Waals surface area contributed by atoms with E-state index in [4.69, 9.17) is 5.14 Å². The van der Waals surface area contributed by atoms with E-state index < -0.39 is 16.0 Å². The molecule has 0 aromatic carbocycles. The van der Waals surface area contributed by atoms with E-state index >= 15 is 0 Å². The topological polar surface area (TPSA) is 111 Å². The molecular weight excluding hydrogens is 234 g/mol. The minimum Gasteiger partial charge on any atom is -0.468 e. The smallest absolute Gasteiger partial charge is 0.325 e. The van der Waals surface area contributed by atoms with Gasteiger partial charge in [-0.15, -0.1) is 0 Å². The largest absolute Gasteiger partial charge is 0.468 e. The van der Waals surface area contributed by atoms with Gasteiger partial charge in [-0.2, -0.15) is 0 Å². The second-order valence-corrected chi connectivity index (χ2v) is 4.42. The Kier molecular flexibility index (Phi) is 3.80. The number of primary sulfonamides is 1. The molecule has 3 N–H and O–H groups in total. The molecule has 0 aliphatic rings. The van der Waals surface area contributed by atoms with Gasteiger partial charge < -0.3 is 10.1 Å². The number of rotatable bonds is 4. The van der Waals surface area contributed by atoms with E-state index in [1.54, 1.807) is 0 Å². The zero-order valence-corrected chi connectivity index (χ0v) is 9.32. The Morgan fingerprint density at radius 1 is 1.56 bits per heavy atom. The summed E-state index contributed by atoms with van der Waals surface area (Å²) in [5.74, 6) is -0.0878. The van der Waals surface area contributed by atoms with Crippen LogP contribution in [-0.2, 0) is 19.6 Å². The van der Waals surface area contributed by atoms with Crippen molar-refractivity contribution in [3.05, 3.63) is 18.3 Å². The van der Waals surface area contributed by atoms with E-state index in [1.807, 2.05) is 0 Å². The molecule has 0 atom stereocenters. The van der Waals surface area contributed by atoms with E-state index in [1.165, 1.54) is 19.2 Å². The average molecular weight is 245 g/mol. The van der Waals surface area contributed by atoms with Crippen LogP contribution in [0.25, 0.3) is 0 Å². The zero-order chi connectivity index (χ0) is 12.2. The minimum absolute atomic E-state index is 0.0434. The molecule has 16 heavy (non-hydrogen) atoms. The Morgan fingerprint density at radius 2 is 2.25 bits per heavy atom. The molecule has 0 unspecified atom stereocenters. The SMILES string of the molecule is COC(=O)CNc1ccc(S(N)(=O)=O)cn1. The highest BCUT2D eigenvalue weighted by molar-refractivity contribution is 7.89. The maximum absolute atomic E-state index is 10.9. The third-order valence-corrected chi connectivity index (χ3v) is 2.60. The summed E-state index contributed by atoms with van der Waals surface area (Å²) in [5.41, 5.74) is 0. The fraction of sp³-hybridized carbons (Fsp3) is 0.250. The van der Waals surface area contributed by atoms with Crippen LogP contribution in [0.4, 0.5) is 5.82 Å². The molecule has 8 heteroatoms. The third kappa shape index (κ3) is 3.48. The number of nitrogens with one attached hydrogen (secondary N) is 1. The Bertz CT molecular complexity index is 469. The normalized spacial score (nSPS) is 10.9. The van der Waals surface area contributed by atoms with E-state index in [-0.39, 0.29) is 11.4 Å². The third-order valence-electron chi connectivity index (χ3n) is 1.71. The van der Waals surface area contributed by atoms with Crippen molar-refractivity contribution in [2.24, 2.45) is 5.14 Å². The van der Waals surface area contributed by atoms with E-state index in [9.17, 15) is 13.2 Å². The number of anilines is 1. The number of hydrogen-bond acceptors (Lipinski definition) is 6. The minimum atomic E-state index is -3.74. The molecule has 7 nitrogen and oxygen atoms in total. The van der Waals surface area contributed by atoms with Crippen molar-refractivity contribution < 1.29 is 17.9 Å². The highest BCUT2D eigenvalue weighted by atomic mass is 32.2. The summed E-state index contributed by atoms with van der Waals surface area (Å²) >= 11 is 0. The number of nitrogens with two attached hydrogens (primary N) is 1. The molecule has 0 fully saturated rings. The van der Waals surface area contributed by atoms with Crippen LogP contribution in [0.3, 0.4) is 0 Å². The Hall–Kier alpha value is -1.67. The van der Waals surface area contributed by atoms with Gasteiger partial charge in [0.2, 0.25) is 10.0 Å². The summed E-state index contributed by atoms with van der Waals surface area (Å²) in [6.07, 6.45) is 1.11. The van der Waals surface area contributed by atoms with Crippen molar-refractivity contribution >= 4 is 21.8 Å². The lowest BCUT2D eigenvalue weighted by atomic mass is 10.4. The van der Waals surface area contributed by atoms with E-state index in [2.05, 4.69) is 15.0 Å². The van der Waals surface area contributed by atoms with Gasteiger partial charge in [0, 0.05) is 6.20 Å². The lowest BCUT2D eigenvalue weighted by Gasteiger charge is -2.04. The number of esters is 1. The van der Waals surface area contributed by atoms with Crippen LogP contribution in [-0.4, -0.2) is 33.0 Å². The van der Waals surface area contributed by atoms with E-state index in [0.29, 0.717) is 5.82 Å². The maximum atomic E-state index is 10.9. The summed E-state index contributed by atoms with van der Waals surface area (Å²) in [5, 5.41) is 7.54. The standard InChI is InChI=1S/C8H11N3O4S/c1-15-8(12)5-11-7-3-2-6(4-10-7)16(9,13)14/h2-4H,5H2,1H3,(H,10,11)(H2,9,13,14). The molecule has 0 aliphatic carbocycles. The maximum Gasteiger partial charge on any atom is 0.325 e. The predicted molar refractivity (Wildman–Crippen MR) is 56.1 cm³/mol. The Balaban J connectivity index is 2.69. The number of carbonyl (C=O) groups is 1. The quantitative estimate of drug-likeness (QED) is 0.679. The summed E-state index contributed by atoms with van der Waals surface area (Å²) in [4.78, 5) is 14.5. The molecular formula is C8H11N3O4S. The van der Waals surface area contributed by atoms with Gasteiger partial charge in [0.15, 0.2) is 0 Å². The van der Waals surface area contributed by atoms with Gasteiger partial charge in [0.1, 0.15) is 17.3 Å². The van der Waals surface area contributed by atoms with Gasteiger partial charge in [-0.1, -0.05) is 0 Å². The number of pyridine rings is 1. The second-order valence-electron chi connectivity index (χ2n) is 2.85. The van der Waals surface area contributed by atoms with Crippen LogP contribution in [0.15, 0.2) is 23.2 Å². The molecule has 0 aliphatic heterocycles. The number of ether oxygens (including phenoxy) is 1. The summed E-state index contributed by atoms with van der Waals surface area (Å²) in [7, 11) is -2.47. The van der Waals surface area contributed by atoms with Gasteiger partial charge in [-0.25, -0.2) is 18.5 Å².